The molecule has 0 bridgehead atoms. The molecular formula is C22H25ClN4O2. The van der Waals surface area contributed by atoms with Crippen molar-refractivity contribution in [3.8, 4) is 0 Å². The number of halogens is 1. The van der Waals surface area contributed by atoms with E-state index in [9.17, 15) is 4.79 Å². The van der Waals surface area contributed by atoms with E-state index in [1.807, 2.05) is 30.3 Å². The van der Waals surface area contributed by atoms with Crippen molar-refractivity contribution in [3.05, 3.63) is 82.8 Å². The minimum absolute atomic E-state index is 0.262. The highest BCUT2D eigenvalue weighted by atomic mass is 35.5. The third kappa shape index (κ3) is 6.14. The van der Waals surface area contributed by atoms with Crippen LogP contribution in [-0.2, 0) is 19.6 Å². The summed E-state index contributed by atoms with van der Waals surface area (Å²) in [4.78, 5) is 23.0. The molecule has 1 atom stereocenters. The molecule has 6 nitrogen and oxygen atoms in total. The smallest absolute Gasteiger partial charge is 0.273 e. The van der Waals surface area contributed by atoms with Crippen LogP contribution in [0.5, 0.6) is 0 Å². The van der Waals surface area contributed by atoms with Gasteiger partial charge in [0.2, 0.25) is 5.89 Å². The van der Waals surface area contributed by atoms with Gasteiger partial charge in [-0.2, -0.15) is 0 Å². The molecule has 0 saturated heterocycles. The van der Waals surface area contributed by atoms with Crippen molar-refractivity contribution in [3.63, 3.8) is 0 Å². The second-order valence-corrected chi connectivity index (χ2v) is 7.39. The first-order valence-corrected chi connectivity index (χ1v) is 10.0. The predicted molar refractivity (Wildman–Crippen MR) is 112 cm³/mol. The topological polar surface area (TPSA) is 71.3 Å². The number of carbonyl (C=O) groups is 1. The number of nitrogens with zero attached hydrogens (tertiary/aromatic N) is 3. The molecule has 3 aromatic rings. The molecule has 0 fully saturated rings. The van der Waals surface area contributed by atoms with Gasteiger partial charge >= 0.3 is 0 Å². The predicted octanol–water partition coefficient (Wildman–Crippen LogP) is 4.45. The van der Waals surface area contributed by atoms with Crippen LogP contribution >= 0.6 is 11.6 Å². The van der Waals surface area contributed by atoms with Crippen LogP contribution in [0.25, 0.3) is 0 Å². The van der Waals surface area contributed by atoms with Crippen molar-refractivity contribution >= 4 is 17.5 Å². The van der Waals surface area contributed by atoms with Crippen molar-refractivity contribution < 1.29 is 9.21 Å². The Morgan fingerprint density at radius 1 is 1.21 bits per heavy atom. The van der Waals surface area contributed by atoms with E-state index in [1.165, 1.54) is 6.26 Å². The van der Waals surface area contributed by atoms with E-state index in [4.69, 9.17) is 16.0 Å². The van der Waals surface area contributed by atoms with E-state index in [1.54, 1.807) is 12.4 Å². The Kier molecular flexibility index (Phi) is 7.38. The maximum atomic E-state index is 12.4. The van der Waals surface area contributed by atoms with Crippen LogP contribution in [-0.4, -0.2) is 26.8 Å². The molecule has 152 valence electrons. The molecule has 0 spiro atoms. The number of hydrogen-bond donors (Lipinski definition) is 1. The average molecular weight is 413 g/mol. The first kappa shape index (κ1) is 21.0. The summed E-state index contributed by atoms with van der Waals surface area (Å²) < 4.78 is 5.57. The second-order valence-electron chi connectivity index (χ2n) is 6.96. The molecular weight excluding hydrogens is 388 g/mol. The summed E-state index contributed by atoms with van der Waals surface area (Å²) in [7, 11) is 0. The first-order valence-electron chi connectivity index (χ1n) is 9.65. The van der Waals surface area contributed by atoms with Crippen LogP contribution in [0.1, 0.15) is 47.8 Å². The van der Waals surface area contributed by atoms with Crippen molar-refractivity contribution in [2.45, 2.75) is 45.9 Å². The minimum atomic E-state index is -0.262. The lowest BCUT2D eigenvalue weighted by molar-refractivity contribution is 0.0945. The molecule has 7 heteroatoms. The van der Waals surface area contributed by atoms with Crippen molar-refractivity contribution in [1.82, 2.24) is 20.2 Å². The highest BCUT2D eigenvalue weighted by Gasteiger charge is 2.18. The number of pyridine rings is 1. The van der Waals surface area contributed by atoms with Gasteiger partial charge in [0.1, 0.15) is 6.26 Å². The van der Waals surface area contributed by atoms with E-state index in [2.05, 4.69) is 40.1 Å². The summed E-state index contributed by atoms with van der Waals surface area (Å²) in [5, 5.41) is 3.56. The van der Waals surface area contributed by atoms with E-state index in [0.717, 1.165) is 29.1 Å². The van der Waals surface area contributed by atoms with Gasteiger partial charge in [0.05, 0.1) is 6.54 Å². The first-order chi connectivity index (χ1) is 14.0. The van der Waals surface area contributed by atoms with Gasteiger partial charge in [-0.25, -0.2) is 4.98 Å². The highest BCUT2D eigenvalue weighted by molar-refractivity contribution is 6.30. The lowest BCUT2D eigenvalue weighted by Crippen LogP contribution is -2.31. The molecule has 29 heavy (non-hydrogen) atoms. The fraction of sp³-hybridized carbons (Fsp3) is 0.318. The number of amides is 1. The Balaban J connectivity index is 1.63. The van der Waals surface area contributed by atoms with Crippen molar-refractivity contribution in [2.24, 2.45) is 0 Å². The minimum Gasteiger partial charge on any atom is -0.447 e. The fourth-order valence-corrected chi connectivity index (χ4v) is 3.14. The monoisotopic (exact) mass is 412 g/mol. The summed E-state index contributed by atoms with van der Waals surface area (Å²) >= 11 is 6.12. The molecule has 2 aromatic heterocycles. The number of oxazole rings is 1. The zero-order valence-corrected chi connectivity index (χ0v) is 17.4. The number of benzene rings is 1. The van der Waals surface area contributed by atoms with Crippen molar-refractivity contribution in [2.75, 3.05) is 0 Å². The SMILES string of the molecule is CCC(C)N(Cc1cccc(Cl)c1)Cc1nc(C(=O)NCc2ccncc2)co1. The molecule has 0 radical (unpaired) electrons. The van der Waals surface area contributed by atoms with E-state index >= 15 is 0 Å². The van der Waals surface area contributed by atoms with E-state index < -0.39 is 0 Å². The highest BCUT2D eigenvalue weighted by Crippen LogP contribution is 2.18. The summed E-state index contributed by atoms with van der Waals surface area (Å²) in [6.07, 6.45) is 5.78. The van der Waals surface area contributed by atoms with Crippen LogP contribution in [0.3, 0.4) is 0 Å². The molecule has 1 aromatic carbocycles. The summed E-state index contributed by atoms with van der Waals surface area (Å²) in [6, 6.07) is 11.9. The lowest BCUT2D eigenvalue weighted by atomic mass is 10.1. The normalized spacial score (nSPS) is 12.1. The lowest BCUT2D eigenvalue weighted by Gasteiger charge is -2.27. The van der Waals surface area contributed by atoms with Gasteiger partial charge in [0.15, 0.2) is 5.69 Å². The molecule has 0 saturated carbocycles. The Hall–Kier alpha value is -2.70. The zero-order chi connectivity index (χ0) is 20.6. The number of rotatable bonds is 9. The van der Waals surface area contributed by atoms with Gasteiger partial charge in [-0.3, -0.25) is 14.7 Å². The van der Waals surface area contributed by atoms with Crippen LogP contribution in [0.15, 0.2) is 59.5 Å². The largest absolute Gasteiger partial charge is 0.447 e. The van der Waals surface area contributed by atoms with Gasteiger partial charge < -0.3 is 9.73 Å². The average Bonchev–Trinajstić information content (AvgIpc) is 3.20. The molecule has 3 rings (SSSR count). The second kappa shape index (κ2) is 10.2. The van der Waals surface area contributed by atoms with E-state index in [0.29, 0.717) is 25.0 Å². The number of aromatic nitrogens is 2. The number of hydrogen-bond acceptors (Lipinski definition) is 5. The molecule has 1 N–H and O–H groups in total. The standard InChI is InChI=1S/C22H25ClN4O2/c1-3-16(2)27(13-18-5-4-6-19(23)11-18)14-21-26-20(15-29-21)22(28)25-12-17-7-9-24-10-8-17/h4-11,15-16H,3,12-14H2,1-2H3,(H,25,28). The van der Waals surface area contributed by atoms with Gasteiger partial charge in [0.25, 0.3) is 5.91 Å². The van der Waals surface area contributed by atoms with Gasteiger partial charge in [0, 0.05) is 36.5 Å². The summed E-state index contributed by atoms with van der Waals surface area (Å²) in [6.45, 7) is 5.96. The third-order valence-corrected chi connectivity index (χ3v) is 5.05. The quantitative estimate of drug-likeness (QED) is 0.562. The Labute approximate surface area is 175 Å². The Morgan fingerprint density at radius 2 is 2.00 bits per heavy atom. The molecule has 0 aliphatic rings. The summed E-state index contributed by atoms with van der Waals surface area (Å²) in [5.41, 5.74) is 2.38. The number of nitrogens with one attached hydrogen (secondary N) is 1. The molecule has 2 heterocycles. The van der Waals surface area contributed by atoms with Gasteiger partial charge in [-0.15, -0.1) is 0 Å². The maximum Gasteiger partial charge on any atom is 0.273 e. The number of carbonyl (C=O) groups excluding carboxylic acids is 1. The third-order valence-electron chi connectivity index (χ3n) is 4.81. The van der Waals surface area contributed by atoms with Gasteiger partial charge in [-0.05, 0) is 48.7 Å². The van der Waals surface area contributed by atoms with Gasteiger partial charge in [-0.1, -0.05) is 30.7 Å². The molecule has 1 amide bonds. The zero-order valence-electron chi connectivity index (χ0n) is 16.6. The maximum absolute atomic E-state index is 12.4. The Bertz CT molecular complexity index is 929. The van der Waals surface area contributed by atoms with Crippen LogP contribution in [0.4, 0.5) is 0 Å². The Morgan fingerprint density at radius 3 is 2.72 bits per heavy atom. The van der Waals surface area contributed by atoms with Crippen LogP contribution in [0.2, 0.25) is 5.02 Å². The fourth-order valence-electron chi connectivity index (χ4n) is 2.93. The molecule has 0 aliphatic carbocycles. The van der Waals surface area contributed by atoms with Crippen LogP contribution in [0, 0.1) is 0 Å². The van der Waals surface area contributed by atoms with Crippen molar-refractivity contribution in [1.29, 1.82) is 0 Å². The molecule has 0 aliphatic heterocycles. The molecule has 1 unspecified atom stereocenters. The van der Waals surface area contributed by atoms with Crippen LogP contribution < -0.4 is 5.32 Å². The van der Waals surface area contributed by atoms with E-state index in [-0.39, 0.29) is 11.6 Å². The summed E-state index contributed by atoms with van der Waals surface area (Å²) in [5.74, 6) is 0.253.